The van der Waals surface area contributed by atoms with Gasteiger partial charge in [0.2, 0.25) is 17.1 Å². The molecule has 0 fully saturated rings. The molecule has 3 rings (SSSR count). The van der Waals surface area contributed by atoms with Gasteiger partial charge in [-0.1, -0.05) is 31.2 Å². The van der Waals surface area contributed by atoms with Crippen LogP contribution in [0.2, 0.25) is 0 Å². The average Bonchev–Trinajstić information content (AvgIpc) is 2.87. The lowest BCUT2D eigenvalue weighted by molar-refractivity contribution is -0.146. The number of thioether (sulfide) groups is 1. The molecule has 0 aromatic heterocycles. The summed E-state index contributed by atoms with van der Waals surface area (Å²) < 4.78 is 5.18. The molecule has 0 saturated heterocycles. The molecule has 0 saturated carbocycles. The van der Waals surface area contributed by atoms with Crippen molar-refractivity contribution in [2.24, 2.45) is 0 Å². The first-order valence-corrected chi connectivity index (χ1v) is 8.86. The van der Waals surface area contributed by atoms with Crippen molar-refractivity contribution >= 4 is 23.5 Å². The summed E-state index contributed by atoms with van der Waals surface area (Å²) in [6, 6.07) is 6.37. The van der Waals surface area contributed by atoms with Crippen LogP contribution in [-0.4, -0.2) is 45.7 Å². The molecule has 1 aliphatic carbocycles. The van der Waals surface area contributed by atoms with E-state index in [1.807, 2.05) is 6.92 Å². The Morgan fingerprint density at radius 1 is 1.33 bits per heavy atom. The number of ketones is 1. The maximum absolute atomic E-state index is 12.7. The molecule has 6 nitrogen and oxygen atoms in total. The largest absolute Gasteiger partial charge is 0.461 e. The minimum absolute atomic E-state index is 0.170. The first-order valence-electron chi connectivity index (χ1n) is 7.71. The van der Waals surface area contributed by atoms with Crippen molar-refractivity contribution in [3.05, 3.63) is 46.7 Å². The zero-order valence-corrected chi connectivity index (χ0v) is 14.3. The van der Waals surface area contributed by atoms with Crippen LogP contribution < -0.4 is 5.32 Å². The second kappa shape index (κ2) is 5.91. The van der Waals surface area contributed by atoms with E-state index in [2.05, 4.69) is 5.32 Å². The molecule has 0 radical (unpaired) electrons. The number of hydrogen-bond donors (Lipinski definition) is 3. The van der Waals surface area contributed by atoms with Crippen LogP contribution in [-0.2, 0) is 15.3 Å². The average molecular weight is 349 g/mol. The second-order valence-corrected chi connectivity index (χ2v) is 7.15. The molecule has 7 heteroatoms. The van der Waals surface area contributed by atoms with Crippen LogP contribution in [0.3, 0.4) is 0 Å². The normalized spacial score (nSPS) is 27.8. The molecule has 24 heavy (non-hydrogen) atoms. The highest BCUT2D eigenvalue weighted by molar-refractivity contribution is 7.99. The van der Waals surface area contributed by atoms with Crippen molar-refractivity contribution in [3.63, 3.8) is 0 Å². The summed E-state index contributed by atoms with van der Waals surface area (Å²) in [7, 11) is 0. The standard InChI is InChI=1S/C17H19NO5S/c1-3-24-9-8-23-15(20)13-10(2)18-17(22)12-7-5-4-6-11(12)14(19)16(13,17)21/h4-7,18,21-22H,3,8-9H2,1-2H3/t16-,17+/m1/s1. The predicted molar refractivity (Wildman–Crippen MR) is 89.4 cm³/mol. The first-order chi connectivity index (χ1) is 11.4. The van der Waals surface area contributed by atoms with Crippen molar-refractivity contribution in [1.82, 2.24) is 5.32 Å². The third-order valence-corrected chi connectivity index (χ3v) is 5.25. The Labute approximate surface area is 143 Å². The fourth-order valence-corrected chi connectivity index (χ4v) is 3.81. The van der Waals surface area contributed by atoms with E-state index in [0.29, 0.717) is 5.75 Å². The molecule has 1 aliphatic heterocycles. The number of allylic oxidation sites excluding steroid dienone is 1. The Morgan fingerprint density at radius 3 is 2.75 bits per heavy atom. The van der Waals surface area contributed by atoms with Crippen LogP contribution in [0.15, 0.2) is 35.5 Å². The minimum atomic E-state index is -2.38. The number of esters is 1. The highest BCUT2D eigenvalue weighted by Gasteiger charge is 2.70. The van der Waals surface area contributed by atoms with Crippen molar-refractivity contribution in [3.8, 4) is 0 Å². The van der Waals surface area contributed by atoms with Crippen LogP contribution in [0.5, 0.6) is 0 Å². The van der Waals surface area contributed by atoms with Crippen LogP contribution in [0.4, 0.5) is 0 Å². The number of rotatable bonds is 5. The highest BCUT2D eigenvalue weighted by atomic mass is 32.2. The van der Waals surface area contributed by atoms with Crippen molar-refractivity contribution in [2.45, 2.75) is 25.2 Å². The molecular weight excluding hydrogens is 330 g/mol. The molecule has 1 aromatic rings. The monoisotopic (exact) mass is 349 g/mol. The topological polar surface area (TPSA) is 95.9 Å². The summed E-state index contributed by atoms with van der Waals surface area (Å²) in [6.07, 6.45) is 0. The zero-order valence-electron chi connectivity index (χ0n) is 13.5. The smallest absolute Gasteiger partial charge is 0.339 e. The van der Waals surface area contributed by atoms with Gasteiger partial charge in [-0.2, -0.15) is 11.8 Å². The number of ether oxygens (including phenoxy) is 1. The summed E-state index contributed by atoms with van der Waals surface area (Å²) in [4.78, 5) is 25.2. The molecule has 2 atom stereocenters. The Balaban J connectivity index is 1.95. The molecule has 0 spiro atoms. The number of aliphatic hydroxyl groups is 2. The number of carbonyl (C=O) groups excluding carboxylic acids is 2. The number of nitrogens with one attached hydrogen (secondary N) is 1. The van der Waals surface area contributed by atoms with Gasteiger partial charge in [-0.3, -0.25) is 4.79 Å². The molecule has 0 unspecified atom stereocenters. The van der Waals surface area contributed by atoms with E-state index in [1.165, 1.54) is 13.0 Å². The van der Waals surface area contributed by atoms with Crippen LogP contribution in [0, 0.1) is 0 Å². The van der Waals surface area contributed by atoms with Gasteiger partial charge in [0.05, 0.1) is 0 Å². The Hall–Kier alpha value is -1.83. The third-order valence-electron chi connectivity index (χ3n) is 4.39. The number of hydrogen-bond acceptors (Lipinski definition) is 7. The van der Waals surface area contributed by atoms with E-state index in [9.17, 15) is 19.8 Å². The predicted octanol–water partition coefficient (Wildman–Crippen LogP) is 0.933. The third kappa shape index (κ3) is 2.12. The van der Waals surface area contributed by atoms with Gasteiger partial charge in [0, 0.05) is 22.6 Å². The lowest BCUT2D eigenvalue weighted by Gasteiger charge is -2.31. The first kappa shape index (κ1) is 17.0. The SMILES string of the molecule is CCSCCOC(=O)C1=C(C)N[C@]2(O)c3ccccc3C(=O)[C@]12O. The summed E-state index contributed by atoms with van der Waals surface area (Å²) >= 11 is 1.61. The molecule has 128 valence electrons. The van der Waals surface area contributed by atoms with Crippen molar-refractivity contribution < 1.29 is 24.5 Å². The van der Waals surface area contributed by atoms with Gasteiger partial charge in [-0.25, -0.2) is 4.79 Å². The Bertz CT molecular complexity index is 746. The molecule has 1 heterocycles. The molecule has 2 aliphatic rings. The Morgan fingerprint density at radius 2 is 2.04 bits per heavy atom. The number of benzene rings is 1. The van der Waals surface area contributed by atoms with Crippen molar-refractivity contribution in [2.75, 3.05) is 18.1 Å². The van der Waals surface area contributed by atoms with Gasteiger partial charge in [0.25, 0.3) is 0 Å². The van der Waals surface area contributed by atoms with Gasteiger partial charge in [-0.15, -0.1) is 0 Å². The van der Waals surface area contributed by atoms with E-state index in [-0.39, 0.29) is 29.0 Å². The lowest BCUT2D eigenvalue weighted by atomic mass is 9.85. The maximum Gasteiger partial charge on any atom is 0.339 e. The maximum atomic E-state index is 12.7. The van der Waals surface area contributed by atoms with E-state index in [0.717, 1.165) is 5.75 Å². The fourth-order valence-electron chi connectivity index (χ4n) is 3.32. The summed E-state index contributed by atoms with van der Waals surface area (Å²) in [5.41, 5.74) is -3.99. The van der Waals surface area contributed by atoms with Gasteiger partial charge in [0.15, 0.2) is 0 Å². The second-order valence-electron chi connectivity index (χ2n) is 5.75. The number of fused-ring (bicyclic) bond motifs is 3. The van der Waals surface area contributed by atoms with E-state index < -0.39 is 23.1 Å². The van der Waals surface area contributed by atoms with Gasteiger partial charge in [0.1, 0.15) is 12.2 Å². The molecule has 0 amide bonds. The molecule has 1 aromatic carbocycles. The van der Waals surface area contributed by atoms with Crippen LogP contribution in [0.25, 0.3) is 0 Å². The zero-order chi connectivity index (χ0) is 17.5. The number of carbonyl (C=O) groups is 2. The minimum Gasteiger partial charge on any atom is -0.461 e. The van der Waals surface area contributed by atoms with Crippen LogP contribution >= 0.6 is 11.8 Å². The summed E-state index contributed by atoms with van der Waals surface area (Å²) in [6.45, 7) is 3.70. The number of Topliss-reactive ketones (excluding diaryl/α,β-unsaturated/α-hetero) is 1. The quantitative estimate of drug-likeness (QED) is 0.538. The van der Waals surface area contributed by atoms with E-state index in [1.54, 1.807) is 30.0 Å². The lowest BCUT2D eigenvalue weighted by Crippen LogP contribution is -2.56. The van der Waals surface area contributed by atoms with E-state index in [4.69, 9.17) is 4.74 Å². The summed E-state index contributed by atoms with van der Waals surface area (Å²) in [5.74, 6) is 0.0214. The van der Waals surface area contributed by atoms with Gasteiger partial charge in [-0.05, 0) is 12.7 Å². The fraction of sp³-hybridized carbons (Fsp3) is 0.412. The summed E-state index contributed by atoms with van der Waals surface area (Å²) in [5, 5.41) is 24.7. The van der Waals surface area contributed by atoms with Gasteiger partial charge < -0.3 is 20.3 Å². The van der Waals surface area contributed by atoms with Gasteiger partial charge >= 0.3 is 5.97 Å². The van der Waals surface area contributed by atoms with Crippen molar-refractivity contribution in [1.29, 1.82) is 0 Å². The van der Waals surface area contributed by atoms with E-state index >= 15 is 0 Å². The molecular formula is C17H19NO5S. The Kier molecular flexibility index (Phi) is 4.19. The molecule has 3 N–H and O–H groups in total. The molecule has 0 bridgehead atoms. The highest BCUT2D eigenvalue weighted by Crippen LogP contribution is 2.51. The van der Waals surface area contributed by atoms with Crippen LogP contribution in [0.1, 0.15) is 29.8 Å².